The highest BCUT2D eigenvalue weighted by molar-refractivity contribution is 6.16. The minimum atomic E-state index is 0.700. The second kappa shape index (κ2) is 16.4. The largest absolute Gasteiger partial charge is 0.309 e. The molecule has 0 radical (unpaired) electrons. The quantitative estimate of drug-likeness (QED) is 0.153. The van der Waals surface area contributed by atoms with Gasteiger partial charge in [-0.25, -0.2) is 9.97 Å². The number of fused-ring (bicyclic) bond motifs is 6. The number of aromatic nitrogens is 4. The SMILES string of the molecule is c1ccc(-c2ccc(-c3cc(-c4cccc(-c5ccc6c(c5)c5ccccc5n6-c5ccc(-c6cccc7c6c6ccccc6n7-c6ccccc6)cc5)c4)nc(-c4ccccc4)n3)cc2)cc1. The second-order valence-corrected chi connectivity index (χ2v) is 17.4. The summed E-state index contributed by atoms with van der Waals surface area (Å²) in [5.41, 5.74) is 18.9. The fraction of sp³-hybridized carbons (Fsp3) is 0. The summed E-state index contributed by atoms with van der Waals surface area (Å²) < 4.78 is 4.78. The van der Waals surface area contributed by atoms with E-state index in [0.717, 1.165) is 56.1 Å². The molecule has 0 fully saturated rings. The van der Waals surface area contributed by atoms with Gasteiger partial charge in [-0.15, -0.1) is 0 Å². The van der Waals surface area contributed by atoms with Crippen LogP contribution in [-0.2, 0) is 0 Å². The van der Waals surface area contributed by atoms with Crippen LogP contribution in [0.5, 0.6) is 0 Å². The predicted molar refractivity (Wildman–Crippen MR) is 283 cm³/mol. The molecule has 0 bridgehead atoms. The van der Waals surface area contributed by atoms with Crippen molar-refractivity contribution in [3.63, 3.8) is 0 Å². The van der Waals surface area contributed by atoms with Crippen LogP contribution in [0.4, 0.5) is 0 Å². The summed E-state index contributed by atoms with van der Waals surface area (Å²) in [6.45, 7) is 0. The molecule has 13 aromatic rings. The van der Waals surface area contributed by atoms with Gasteiger partial charge >= 0.3 is 0 Å². The summed E-state index contributed by atoms with van der Waals surface area (Å²) >= 11 is 0. The van der Waals surface area contributed by atoms with Gasteiger partial charge in [0.2, 0.25) is 0 Å². The Morgan fingerprint density at radius 1 is 0.250 bits per heavy atom. The van der Waals surface area contributed by atoms with Gasteiger partial charge in [-0.05, 0) is 100 Å². The van der Waals surface area contributed by atoms with E-state index >= 15 is 0 Å². The van der Waals surface area contributed by atoms with Gasteiger partial charge in [-0.3, -0.25) is 0 Å². The molecule has 318 valence electrons. The molecule has 0 saturated heterocycles. The average Bonchev–Trinajstić information content (AvgIpc) is 3.94. The van der Waals surface area contributed by atoms with Crippen LogP contribution in [0.3, 0.4) is 0 Å². The van der Waals surface area contributed by atoms with Crippen LogP contribution >= 0.6 is 0 Å². The van der Waals surface area contributed by atoms with E-state index in [-0.39, 0.29) is 0 Å². The molecule has 0 atom stereocenters. The fourth-order valence-corrected chi connectivity index (χ4v) is 10.1. The Morgan fingerprint density at radius 3 is 1.47 bits per heavy atom. The number of hydrogen-bond donors (Lipinski definition) is 0. The monoisotopic (exact) mass is 866 g/mol. The summed E-state index contributed by atoms with van der Waals surface area (Å²) in [5, 5.41) is 4.94. The third-order valence-corrected chi connectivity index (χ3v) is 13.4. The molecular formula is C64H42N4. The molecule has 4 nitrogen and oxygen atoms in total. The van der Waals surface area contributed by atoms with E-state index in [4.69, 9.17) is 9.97 Å². The molecule has 13 rings (SSSR count). The van der Waals surface area contributed by atoms with Gasteiger partial charge < -0.3 is 9.13 Å². The Hall–Kier alpha value is -9.12. The van der Waals surface area contributed by atoms with Crippen molar-refractivity contribution < 1.29 is 0 Å². The van der Waals surface area contributed by atoms with Crippen LogP contribution in [-0.4, -0.2) is 19.1 Å². The highest BCUT2D eigenvalue weighted by atomic mass is 15.0. The second-order valence-electron chi connectivity index (χ2n) is 17.4. The molecule has 3 aromatic heterocycles. The Labute approximate surface area is 394 Å². The van der Waals surface area contributed by atoms with Crippen LogP contribution in [0, 0.1) is 0 Å². The van der Waals surface area contributed by atoms with Crippen LogP contribution in [0.25, 0.3) is 122 Å². The molecule has 4 heteroatoms. The van der Waals surface area contributed by atoms with Gasteiger partial charge in [0.1, 0.15) is 0 Å². The van der Waals surface area contributed by atoms with E-state index in [0.29, 0.717) is 5.82 Å². The van der Waals surface area contributed by atoms with Gasteiger partial charge in [-0.2, -0.15) is 0 Å². The van der Waals surface area contributed by atoms with Gasteiger partial charge in [0.15, 0.2) is 5.82 Å². The maximum absolute atomic E-state index is 5.18. The first-order chi connectivity index (χ1) is 33.7. The van der Waals surface area contributed by atoms with E-state index in [1.165, 1.54) is 60.3 Å². The maximum atomic E-state index is 5.18. The van der Waals surface area contributed by atoms with Gasteiger partial charge in [0.25, 0.3) is 0 Å². The van der Waals surface area contributed by atoms with Crippen LogP contribution in [0.15, 0.2) is 255 Å². The highest BCUT2D eigenvalue weighted by Gasteiger charge is 2.18. The molecule has 68 heavy (non-hydrogen) atoms. The minimum Gasteiger partial charge on any atom is -0.309 e. The average molecular weight is 867 g/mol. The Bertz CT molecular complexity index is 3980. The van der Waals surface area contributed by atoms with Gasteiger partial charge in [0.05, 0.1) is 33.5 Å². The maximum Gasteiger partial charge on any atom is 0.160 e. The number of hydrogen-bond acceptors (Lipinski definition) is 2. The highest BCUT2D eigenvalue weighted by Crippen LogP contribution is 2.41. The standard InChI is InChI=1S/C64H42N4/c1-4-16-43(17-5-1)44-30-32-46(33-31-44)57-42-58(66-64(65-57)47-18-6-2-7-19-47)50-21-14-20-48(40-50)49-36-39-61-56(41-49)54-24-10-12-27-59(54)67(61)52-37-34-45(35-38-52)53-26-15-29-62-63(53)55-25-11-13-28-60(55)68(62)51-22-8-3-9-23-51/h1-42H. The van der Waals surface area contributed by atoms with Crippen molar-refractivity contribution >= 4 is 43.6 Å². The fourth-order valence-electron chi connectivity index (χ4n) is 10.1. The molecule has 3 heterocycles. The summed E-state index contributed by atoms with van der Waals surface area (Å²) in [4.78, 5) is 10.3. The summed E-state index contributed by atoms with van der Waals surface area (Å²) in [5.74, 6) is 0.700. The van der Waals surface area contributed by atoms with E-state index < -0.39 is 0 Å². The molecule has 0 aliphatic carbocycles. The molecule has 0 amide bonds. The third-order valence-electron chi connectivity index (χ3n) is 13.4. The van der Waals surface area contributed by atoms with Gasteiger partial charge in [0, 0.05) is 49.6 Å². The predicted octanol–water partition coefficient (Wildman–Crippen LogP) is 16.7. The van der Waals surface area contributed by atoms with Crippen LogP contribution in [0.1, 0.15) is 0 Å². The third kappa shape index (κ3) is 6.78. The lowest BCUT2D eigenvalue weighted by atomic mass is 9.98. The number of benzene rings is 10. The molecule has 10 aromatic carbocycles. The molecule has 0 spiro atoms. The van der Waals surface area contributed by atoms with Crippen molar-refractivity contribution in [2.75, 3.05) is 0 Å². The minimum absolute atomic E-state index is 0.700. The van der Waals surface area contributed by atoms with Gasteiger partial charge in [-0.1, -0.05) is 188 Å². The lowest BCUT2D eigenvalue weighted by Gasteiger charge is -2.12. The van der Waals surface area contributed by atoms with E-state index in [9.17, 15) is 0 Å². The first-order valence-electron chi connectivity index (χ1n) is 23.1. The summed E-state index contributed by atoms with van der Waals surface area (Å²) in [7, 11) is 0. The summed E-state index contributed by atoms with van der Waals surface area (Å²) in [6, 6.07) is 91.1. The van der Waals surface area contributed by atoms with Crippen molar-refractivity contribution in [3.8, 4) is 78.7 Å². The zero-order chi connectivity index (χ0) is 45.0. The zero-order valence-corrected chi connectivity index (χ0v) is 37.0. The number of rotatable bonds is 8. The van der Waals surface area contributed by atoms with Crippen LogP contribution in [0.2, 0.25) is 0 Å². The van der Waals surface area contributed by atoms with Crippen molar-refractivity contribution in [1.82, 2.24) is 19.1 Å². The van der Waals surface area contributed by atoms with Crippen molar-refractivity contribution in [3.05, 3.63) is 255 Å². The normalized spacial score (nSPS) is 11.5. The van der Waals surface area contributed by atoms with E-state index in [2.05, 4.69) is 240 Å². The van der Waals surface area contributed by atoms with Crippen LogP contribution < -0.4 is 0 Å². The smallest absolute Gasteiger partial charge is 0.160 e. The topological polar surface area (TPSA) is 35.6 Å². The van der Waals surface area contributed by atoms with Crippen molar-refractivity contribution in [2.24, 2.45) is 0 Å². The number of para-hydroxylation sites is 3. The van der Waals surface area contributed by atoms with E-state index in [1.54, 1.807) is 0 Å². The van der Waals surface area contributed by atoms with Crippen molar-refractivity contribution in [1.29, 1.82) is 0 Å². The molecule has 0 saturated carbocycles. The number of nitrogens with zero attached hydrogens (tertiary/aromatic N) is 4. The first-order valence-corrected chi connectivity index (χ1v) is 23.1. The van der Waals surface area contributed by atoms with Crippen molar-refractivity contribution in [2.45, 2.75) is 0 Å². The lowest BCUT2D eigenvalue weighted by molar-refractivity contribution is 1.18. The molecule has 0 aliphatic rings. The Morgan fingerprint density at radius 2 is 0.721 bits per heavy atom. The Balaban J connectivity index is 0.873. The molecular weight excluding hydrogens is 825 g/mol. The first kappa shape index (κ1) is 39.3. The molecule has 0 N–H and O–H groups in total. The Kier molecular flexibility index (Phi) is 9.47. The zero-order valence-electron chi connectivity index (χ0n) is 37.0. The van der Waals surface area contributed by atoms with E-state index in [1.807, 2.05) is 24.3 Å². The molecule has 0 aliphatic heterocycles. The molecule has 0 unspecified atom stereocenters. The summed E-state index contributed by atoms with van der Waals surface area (Å²) in [6.07, 6.45) is 0. The lowest BCUT2D eigenvalue weighted by Crippen LogP contribution is -1.96.